The summed E-state index contributed by atoms with van der Waals surface area (Å²) >= 11 is 0. The molecule has 0 aromatic rings. The van der Waals surface area contributed by atoms with Gasteiger partial charge in [0.05, 0.1) is 0 Å². The maximum absolute atomic E-state index is 12.9. The lowest BCUT2D eigenvalue weighted by Crippen LogP contribution is -2.30. The lowest BCUT2D eigenvalue weighted by Gasteiger charge is -2.18. The molecule has 0 bridgehead atoms. The van der Waals surface area contributed by atoms with Crippen LogP contribution >= 0.6 is 0 Å². The molecule has 0 N–H and O–H groups in total. The van der Waals surface area contributed by atoms with Crippen LogP contribution in [0, 0.1) is 11.8 Å². The van der Waals surface area contributed by atoms with Crippen LogP contribution in [0.5, 0.6) is 0 Å². The van der Waals surface area contributed by atoms with Crippen molar-refractivity contribution in [2.24, 2.45) is 11.8 Å². The van der Waals surface area contributed by atoms with Gasteiger partial charge in [-0.3, -0.25) is 14.4 Å². The van der Waals surface area contributed by atoms with Crippen molar-refractivity contribution in [2.75, 3.05) is 13.2 Å². The summed E-state index contributed by atoms with van der Waals surface area (Å²) in [5.74, 6) is 0.928. The van der Waals surface area contributed by atoms with E-state index in [-0.39, 0.29) is 31.1 Å². The molecule has 6 nitrogen and oxygen atoms in total. The highest BCUT2D eigenvalue weighted by molar-refractivity contribution is 5.71. The summed E-state index contributed by atoms with van der Waals surface area (Å²) in [4.78, 5) is 38.3. The normalized spacial score (nSPS) is 12.4. The van der Waals surface area contributed by atoms with Crippen LogP contribution in [0.25, 0.3) is 0 Å². The smallest absolute Gasteiger partial charge is 0.306 e. The molecule has 0 saturated carbocycles. The van der Waals surface area contributed by atoms with E-state index in [1.807, 2.05) is 0 Å². The van der Waals surface area contributed by atoms with Crippen LogP contribution in [0.2, 0.25) is 0 Å². The van der Waals surface area contributed by atoms with Gasteiger partial charge in [0, 0.05) is 19.3 Å². The predicted molar refractivity (Wildman–Crippen MR) is 307 cm³/mol. The third kappa shape index (κ3) is 57.5. The summed E-state index contributed by atoms with van der Waals surface area (Å²) in [6, 6.07) is 0. The van der Waals surface area contributed by atoms with E-state index in [1.165, 1.54) is 257 Å². The van der Waals surface area contributed by atoms with Crippen molar-refractivity contribution in [2.45, 2.75) is 375 Å². The molecule has 0 aliphatic carbocycles. The monoisotopic (exact) mass is 1000 g/mol. The van der Waals surface area contributed by atoms with Crippen LogP contribution < -0.4 is 0 Å². The number of hydrogen-bond donors (Lipinski definition) is 0. The van der Waals surface area contributed by atoms with E-state index in [1.54, 1.807) is 0 Å². The van der Waals surface area contributed by atoms with Gasteiger partial charge in [-0.2, -0.15) is 0 Å². The Morgan fingerprint density at radius 2 is 0.535 bits per heavy atom. The van der Waals surface area contributed by atoms with Crippen LogP contribution in [0.4, 0.5) is 0 Å². The summed E-state index contributed by atoms with van der Waals surface area (Å²) in [5.41, 5.74) is 0. The van der Waals surface area contributed by atoms with Crippen molar-refractivity contribution in [1.82, 2.24) is 0 Å². The summed E-state index contributed by atoms with van der Waals surface area (Å²) < 4.78 is 17.0. The van der Waals surface area contributed by atoms with Crippen LogP contribution in [0.3, 0.4) is 0 Å². The molecule has 0 radical (unpaired) electrons. The van der Waals surface area contributed by atoms with Crippen LogP contribution in [-0.4, -0.2) is 37.2 Å². The van der Waals surface area contributed by atoms with Crippen molar-refractivity contribution >= 4 is 17.9 Å². The minimum absolute atomic E-state index is 0.0618. The minimum Gasteiger partial charge on any atom is -0.462 e. The first-order valence-electron chi connectivity index (χ1n) is 32.3. The highest BCUT2D eigenvalue weighted by Crippen LogP contribution is 2.19. The molecular formula is C65H126O6. The maximum atomic E-state index is 12.9. The average Bonchev–Trinajstić information content (AvgIpc) is 3.36. The number of carbonyl (C=O) groups is 3. The fourth-order valence-electron chi connectivity index (χ4n) is 10.1. The Hall–Kier alpha value is -1.59. The van der Waals surface area contributed by atoms with Crippen molar-refractivity contribution < 1.29 is 28.6 Å². The van der Waals surface area contributed by atoms with Gasteiger partial charge in [-0.15, -0.1) is 0 Å². The molecule has 0 aliphatic heterocycles. The molecular weight excluding hydrogens is 877 g/mol. The molecule has 0 saturated heterocycles. The number of unbranched alkanes of at least 4 members (excludes halogenated alkanes) is 43. The molecule has 0 spiro atoms. The SMILES string of the molecule is CCCCCCCCCCCCCCCC(=O)OC[C@H](COC(=O)CCCCCCCCCCCCCCCCCC(C)C)OC(=O)CCCCCCCCCCCCCCCCCCCCC(C)CC. The first kappa shape index (κ1) is 69.4. The topological polar surface area (TPSA) is 78.9 Å². The standard InChI is InChI=1S/C65H126O6/c1-6-8-9-10-11-12-13-23-30-35-40-45-50-55-63(66)69-58-62(59-70-64(67)56-51-46-41-36-31-26-22-18-19-24-28-33-38-43-48-53-60(3)4)71-65(68)57-52-47-42-37-32-27-21-17-15-14-16-20-25-29-34-39-44-49-54-61(5)7-2/h60-62H,6-59H2,1-5H3/t61?,62-/m1/s1. The Balaban J connectivity index is 4.25. The van der Waals surface area contributed by atoms with E-state index >= 15 is 0 Å². The fraction of sp³-hybridized carbons (Fsp3) is 0.954. The molecule has 0 aromatic heterocycles. The zero-order chi connectivity index (χ0) is 51.8. The second kappa shape index (κ2) is 57.7. The van der Waals surface area contributed by atoms with Crippen LogP contribution in [-0.2, 0) is 28.6 Å². The van der Waals surface area contributed by atoms with Gasteiger partial charge in [0.25, 0.3) is 0 Å². The fourth-order valence-corrected chi connectivity index (χ4v) is 10.1. The number of ether oxygens (including phenoxy) is 3. The van der Waals surface area contributed by atoms with Gasteiger partial charge < -0.3 is 14.2 Å². The summed E-state index contributed by atoms with van der Waals surface area (Å²) in [7, 11) is 0. The quantitative estimate of drug-likeness (QED) is 0.0343. The van der Waals surface area contributed by atoms with E-state index in [0.717, 1.165) is 69.6 Å². The summed E-state index contributed by atoms with van der Waals surface area (Å²) in [6.45, 7) is 11.5. The van der Waals surface area contributed by atoms with Gasteiger partial charge in [-0.25, -0.2) is 0 Å². The molecule has 0 amide bonds. The van der Waals surface area contributed by atoms with Gasteiger partial charge in [0.15, 0.2) is 6.10 Å². The minimum atomic E-state index is -0.763. The van der Waals surface area contributed by atoms with Crippen molar-refractivity contribution in [3.05, 3.63) is 0 Å². The average molecular weight is 1000 g/mol. The highest BCUT2D eigenvalue weighted by Gasteiger charge is 2.19. The molecule has 0 rings (SSSR count). The lowest BCUT2D eigenvalue weighted by molar-refractivity contribution is -0.167. The zero-order valence-electron chi connectivity index (χ0n) is 48.9. The number of hydrogen-bond acceptors (Lipinski definition) is 6. The van der Waals surface area contributed by atoms with Crippen molar-refractivity contribution in [1.29, 1.82) is 0 Å². The first-order valence-corrected chi connectivity index (χ1v) is 32.3. The van der Waals surface area contributed by atoms with E-state index < -0.39 is 6.10 Å². The van der Waals surface area contributed by atoms with Crippen LogP contribution in [0.1, 0.15) is 369 Å². The first-order chi connectivity index (χ1) is 34.8. The summed E-state index contributed by atoms with van der Waals surface area (Å²) in [6.07, 6.45) is 63.8. The third-order valence-electron chi connectivity index (χ3n) is 15.3. The van der Waals surface area contributed by atoms with E-state index in [9.17, 15) is 14.4 Å². The van der Waals surface area contributed by atoms with E-state index in [4.69, 9.17) is 14.2 Å². The predicted octanol–water partition coefficient (Wildman–Crippen LogP) is 21.6. The van der Waals surface area contributed by atoms with Gasteiger partial charge in [-0.1, -0.05) is 330 Å². The molecule has 0 aliphatic rings. The summed E-state index contributed by atoms with van der Waals surface area (Å²) in [5, 5.41) is 0. The van der Waals surface area contributed by atoms with Gasteiger partial charge in [0.2, 0.25) is 0 Å². The number of carbonyl (C=O) groups excluding carboxylic acids is 3. The Labute approximate surface area is 444 Å². The van der Waals surface area contributed by atoms with Crippen molar-refractivity contribution in [3.8, 4) is 0 Å². The Morgan fingerprint density at radius 3 is 0.803 bits per heavy atom. The number of esters is 3. The molecule has 422 valence electrons. The molecule has 2 atom stereocenters. The number of rotatable bonds is 59. The highest BCUT2D eigenvalue weighted by atomic mass is 16.6. The Bertz CT molecular complexity index is 1090. The van der Waals surface area contributed by atoms with Gasteiger partial charge in [0.1, 0.15) is 13.2 Å². The lowest BCUT2D eigenvalue weighted by atomic mass is 9.99. The van der Waals surface area contributed by atoms with Crippen molar-refractivity contribution in [3.63, 3.8) is 0 Å². The maximum Gasteiger partial charge on any atom is 0.306 e. The molecule has 1 unspecified atom stereocenters. The largest absolute Gasteiger partial charge is 0.462 e. The molecule has 0 heterocycles. The zero-order valence-corrected chi connectivity index (χ0v) is 48.9. The van der Waals surface area contributed by atoms with Gasteiger partial charge >= 0.3 is 17.9 Å². The second-order valence-electron chi connectivity index (χ2n) is 23.1. The molecule has 6 heteroatoms. The molecule has 0 fully saturated rings. The second-order valence-corrected chi connectivity index (χ2v) is 23.1. The van der Waals surface area contributed by atoms with E-state index in [0.29, 0.717) is 19.3 Å². The van der Waals surface area contributed by atoms with Crippen LogP contribution in [0.15, 0.2) is 0 Å². The molecule has 0 aromatic carbocycles. The Kier molecular flexibility index (Phi) is 56.4. The van der Waals surface area contributed by atoms with E-state index in [2.05, 4.69) is 34.6 Å². The Morgan fingerprint density at radius 1 is 0.296 bits per heavy atom. The van der Waals surface area contributed by atoms with Gasteiger partial charge in [-0.05, 0) is 31.1 Å². The third-order valence-corrected chi connectivity index (χ3v) is 15.3. The molecule has 71 heavy (non-hydrogen) atoms.